The third-order valence-electron chi connectivity index (χ3n) is 10.2. The minimum atomic E-state index is 0. The molecule has 0 unspecified atom stereocenters. The van der Waals surface area contributed by atoms with Crippen LogP contribution in [-0.2, 0) is 0 Å². The maximum atomic E-state index is 2.47. The van der Waals surface area contributed by atoms with Gasteiger partial charge < -0.3 is 11.0 Å². The van der Waals surface area contributed by atoms with Crippen molar-refractivity contribution in [2.45, 2.75) is 117 Å². The summed E-state index contributed by atoms with van der Waals surface area (Å²) < 4.78 is 0. The minimum absolute atomic E-state index is 0. The molecule has 0 aromatic rings. The zero-order valence-electron chi connectivity index (χ0n) is 21.2. The predicted molar refractivity (Wildman–Crippen MR) is 143 cm³/mol. The molecule has 0 aliphatic heterocycles. The van der Waals surface area contributed by atoms with Gasteiger partial charge in [-0.15, -0.1) is 0 Å². The fraction of sp³-hybridized carbons (Fsp3) is 0.867. The molecule has 0 spiro atoms. The molecule has 0 heterocycles. The summed E-state index contributed by atoms with van der Waals surface area (Å²) in [7, 11) is 0. The summed E-state index contributed by atoms with van der Waals surface area (Å²) >= 11 is 0. The Hall–Kier alpha value is -0.600. The van der Waals surface area contributed by atoms with Crippen LogP contribution in [0.15, 0.2) is 24.3 Å². The molecule has 4 fully saturated rings. The van der Waals surface area contributed by atoms with Gasteiger partial charge in [0.1, 0.15) is 0 Å². The van der Waals surface area contributed by atoms with Crippen molar-refractivity contribution >= 4 is 0 Å². The Morgan fingerprint density at radius 3 is 0.750 bits per heavy atom. The van der Waals surface area contributed by atoms with Crippen LogP contribution in [0.3, 0.4) is 0 Å². The van der Waals surface area contributed by atoms with Crippen LogP contribution in [0.5, 0.6) is 0 Å². The third kappa shape index (κ3) is 7.20. The highest BCUT2D eigenvalue weighted by molar-refractivity contribution is 4.93. The summed E-state index contributed by atoms with van der Waals surface area (Å²) in [5.74, 6) is 8.28. The molecule has 2 nitrogen and oxygen atoms in total. The van der Waals surface area contributed by atoms with Gasteiger partial charge in [-0.05, 0) is 164 Å². The van der Waals surface area contributed by atoms with Crippen molar-refractivity contribution in [2.24, 2.45) is 47.3 Å². The second kappa shape index (κ2) is 14.0. The molecular weight excluding hydrogens is 392 g/mol. The van der Waals surface area contributed by atoms with E-state index in [1.165, 1.54) is 51.4 Å². The molecular formula is C30H58O2. The van der Waals surface area contributed by atoms with Gasteiger partial charge in [0, 0.05) is 2.85 Å². The molecule has 2 heteroatoms. The molecule has 190 valence electrons. The zero-order chi connectivity index (χ0) is 20.8. The van der Waals surface area contributed by atoms with Crippen LogP contribution in [0, 0.1) is 47.3 Å². The van der Waals surface area contributed by atoms with Gasteiger partial charge in [-0.25, -0.2) is 0 Å². The highest BCUT2D eigenvalue weighted by Crippen LogP contribution is 2.48. The summed E-state index contributed by atoms with van der Waals surface area (Å²) in [4.78, 5) is 0. The fourth-order valence-corrected chi connectivity index (χ4v) is 8.34. The predicted octanol–water partition coefficient (Wildman–Crippen LogP) is 8.21. The van der Waals surface area contributed by atoms with E-state index >= 15 is 0 Å². The van der Waals surface area contributed by atoms with E-state index in [9.17, 15) is 0 Å². The number of hydrogen-bond acceptors (Lipinski definition) is 0. The van der Waals surface area contributed by atoms with E-state index < -0.39 is 0 Å². The van der Waals surface area contributed by atoms with E-state index in [-0.39, 0.29) is 13.8 Å². The molecule has 0 bridgehead atoms. The Balaban J connectivity index is 0.00000272. The van der Waals surface area contributed by atoms with E-state index in [4.69, 9.17) is 0 Å². The first kappa shape index (κ1) is 27.6. The lowest BCUT2D eigenvalue weighted by molar-refractivity contribution is 0.0898. The monoisotopic (exact) mass is 450 g/mol. The van der Waals surface area contributed by atoms with Crippen LogP contribution in [0.25, 0.3) is 0 Å². The second-order valence-electron chi connectivity index (χ2n) is 11.8. The summed E-state index contributed by atoms with van der Waals surface area (Å²) in [6, 6.07) is 0. The van der Waals surface area contributed by atoms with Gasteiger partial charge in [0.15, 0.2) is 0 Å². The molecule has 0 saturated heterocycles. The Bertz CT molecular complexity index is 496. The van der Waals surface area contributed by atoms with E-state index in [1.807, 2.05) is 0 Å². The average Bonchev–Trinajstić information content (AvgIpc) is 2.81. The lowest BCUT2D eigenvalue weighted by atomic mass is 9.63. The quantitative estimate of drug-likeness (QED) is 0.379. The smallest absolute Gasteiger partial charge is 0 e. The first-order chi connectivity index (χ1) is 14.8. The highest BCUT2D eigenvalue weighted by Gasteiger charge is 2.36. The maximum absolute atomic E-state index is 2.47. The summed E-state index contributed by atoms with van der Waals surface area (Å²) in [5, 5.41) is 0. The van der Waals surface area contributed by atoms with Crippen molar-refractivity contribution in [2.75, 3.05) is 0 Å². The topological polar surface area (TPSA) is 63.0 Å². The number of hydrogen-bond donors (Lipinski definition) is 0. The van der Waals surface area contributed by atoms with Crippen molar-refractivity contribution < 1.29 is 13.8 Å². The molecule has 0 radical (unpaired) electrons. The molecule has 4 aliphatic rings. The van der Waals surface area contributed by atoms with Gasteiger partial charge in [0.05, 0.1) is 0 Å². The Morgan fingerprint density at radius 1 is 0.375 bits per heavy atom. The molecule has 4 saturated carbocycles. The van der Waals surface area contributed by atoms with Gasteiger partial charge in [-0.2, -0.15) is 0 Å². The van der Waals surface area contributed by atoms with E-state index in [1.54, 1.807) is 51.4 Å². The standard InChI is InChI=1S/C30H50.2H2O.2H2/c1-3-5-23-7-11-25(12-8-23)27-15-19-29(20-16-27)30-21-17-28(18-22-30)26-13-9-24(6-4-2)10-14-26;;;;/h3-6,23-30H,7-22H2,1-2H3;2*1H2;2*1H/b5-3+,6-4+;;;;. The molecule has 4 rings (SSSR count). The van der Waals surface area contributed by atoms with Gasteiger partial charge in [0.2, 0.25) is 0 Å². The van der Waals surface area contributed by atoms with E-state index in [2.05, 4.69) is 38.2 Å². The normalized spacial score (nSPS) is 41.2. The van der Waals surface area contributed by atoms with Crippen molar-refractivity contribution in [1.29, 1.82) is 0 Å². The van der Waals surface area contributed by atoms with Crippen LogP contribution in [0.1, 0.15) is 119 Å². The summed E-state index contributed by atoms with van der Waals surface area (Å²) in [5.41, 5.74) is 0. The van der Waals surface area contributed by atoms with Gasteiger partial charge in [-0.3, -0.25) is 0 Å². The first-order valence-corrected chi connectivity index (χ1v) is 14.0. The second-order valence-corrected chi connectivity index (χ2v) is 11.8. The van der Waals surface area contributed by atoms with Crippen LogP contribution < -0.4 is 0 Å². The fourth-order valence-electron chi connectivity index (χ4n) is 8.34. The van der Waals surface area contributed by atoms with Crippen LogP contribution in [-0.4, -0.2) is 11.0 Å². The van der Waals surface area contributed by atoms with Crippen LogP contribution >= 0.6 is 0 Å². The maximum Gasteiger partial charge on any atom is 0 e. The first-order valence-electron chi connectivity index (χ1n) is 14.0. The summed E-state index contributed by atoms with van der Waals surface area (Å²) in [6.45, 7) is 4.38. The lowest BCUT2D eigenvalue weighted by Gasteiger charge is -2.43. The summed E-state index contributed by atoms with van der Waals surface area (Å²) in [6.07, 6.45) is 34.0. The van der Waals surface area contributed by atoms with Crippen molar-refractivity contribution in [1.82, 2.24) is 0 Å². The Labute approximate surface area is 202 Å². The molecule has 0 aromatic heterocycles. The molecule has 4 aliphatic carbocycles. The van der Waals surface area contributed by atoms with Crippen molar-refractivity contribution in [3.63, 3.8) is 0 Å². The Kier molecular flexibility index (Phi) is 12.1. The molecule has 32 heavy (non-hydrogen) atoms. The van der Waals surface area contributed by atoms with Gasteiger partial charge in [0.25, 0.3) is 0 Å². The lowest BCUT2D eigenvalue weighted by Crippen LogP contribution is -2.31. The van der Waals surface area contributed by atoms with Crippen molar-refractivity contribution in [3.05, 3.63) is 24.3 Å². The average molecular weight is 451 g/mol. The van der Waals surface area contributed by atoms with Gasteiger partial charge >= 0.3 is 0 Å². The number of allylic oxidation sites excluding steroid dienone is 4. The third-order valence-corrected chi connectivity index (χ3v) is 10.2. The SMILES string of the molecule is C/C=C/C1CCC(C2CCC(C3CCC(C4CCC(/C=C/C)CC4)CC3)CC2)CC1.O.O.[HH].[HH]. The van der Waals surface area contributed by atoms with E-state index in [0.29, 0.717) is 0 Å². The van der Waals surface area contributed by atoms with Gasteiger partial charge in [-0.1, -0.05) is 24.3 Å². The number of rotatable bonds is 5. The van der Waals surface area contributed by atoms with Crippen molar-refractivity contribution in [3.8, 4) is 0 Å². The molecule has 4 N–H and O–H groups in total. The molecule has 0 aromatic carbocycles. The van der Waals surface area contributed by atoms with Crippen LogP contribution in [0.4, 0.5) is 0 Å². The Morgan fingerprint density at radius 2 is 0.562 bits per heavy atom. The zero-order valence-corrected chi connectivity index (χ0v) is 21.2. The van der Waals surface area contributed by atoms with Crippen LogP contribution in [0.2, 0.25) is 0 Å². The largest absolute Gasteiger partial charge is 0.412 e. The minimum Gasteiger partial charge on any atom is -0.412 e. The molecule has 0 atom stereocenters. The van der Waals surface area contributed by atoms with E-state index in [0.717, 1.165) is 47.3 Å². The highest BCUT2D eigenvalue weighted by atomic mass is 16.0. The molecule has 0 amide bonds.